The molecule has 1 rings (SSSR count). The summed E-state index contributed by atoms with van der Waals surface area (Å²) in [6.07, 6.45) is 1.10. The van der Waals surface area contributed by atoms with E-state index in [0.29, 0.717) is 6.04 Å². The molecule has 0 spiro atoms. The van der Waals surface area contributed by atoms with Crippen LogP contribution >= 0.6 is 11.8 Å². The molecule has 15 heavy (non-hydrogen) atoms. The van der Waals surface area contributed by atoms with Crippen LogP contribution in [-0.4, -0.2) is 24.7 Å². The minimum Gasteiger partial charge on any atom is -0.497 e. The first-order chi connectivity index (χ1) is 7.22. The van der Waals surface area contributed by atoms with Gasteiger partial charge in [-0.05, 0) is 36.8 Å². The molecule has 2 nitrogen and oxygen atoms in total. The highest BCUT2D eigenvalue weighted by molar-refractivity contribution is 7.99. The molecule has 1 aromatic rings. The van der Waals surface area contributed by atoms with Gasteiger partial charge in [-0.3, -0.25) is 0 Å². The van der Waals surface area contributed by atoms with Gasteiger partial charge in [-0.25, -0.2) is 0 Å². The average Bonchev–Trinajstić information content (AvgIpc) is 2.25. The van der Waals surface area contributed by atoms with Crippen molar-refractivity contribution in [3.05, 3.63) is 29.8 Å². The predicted molar refractivity (Wildman–Crippen MR) is 67.7 cm³/mol. The number of ether oxygens (including phenoxy) is 1. The molecule has 0 aliphatic carbocycles. The van der Waals surface area contributed by atoms with E-state index in [9.17, 15) is 0 Å². The van der Waals surface area contributed by atoms with Crippen LogP contribution in [0, 0.1) is 0 Å². The minimum atomic E-state index is 0.297. The smallest absolute Gasteiger partial charge is 0.118 e. The summed E-state index contributed by atoms with van der Waals surface area (Å²) in [5, 5.41) is 0. The number of rotatable bonds is 6. The van der Waals surface area contributed by atoms with Crippen molar-refractivity contribution in [2.75, 3.05) is 18.6 Å². The van der Waals surface area contributed by atoms with Gasteiger partial charge in [0.1, 0.15) is 5.75 Å². The molecule has 2 N–H and O–H groups in total. The Hall–Kier alpha value is -0.670. The predicted octanol–water partition coefficient (Wildman–Crippen LogP) is 2.32. The summed E-state index contributed by atoms with van der Waals surface area (Å²) in [6, 6.07) is 8.54. The molecule has 0 amide bonds. The fourth-order valence-electron chi connectivity index (χ4n) is 1.25. The van der Waals surface area contributed by atoms with Gasteiger partial charge in [-0.1, -0.05) is 12.1 Å². The van der Waals surface area contributed by atoms with Crippen molar-refractivity contribution < 1.29 is 4.74 Å². The third-order valence-electron chi connectivity index (χ3n) is 2.07. The maximum Gasteiger partial charge on any atom is 0.118 e. The molecule has 0 aromatic heterocycles. The minimum absolute atomic E-state index is 0.297. The molecule has 0 aliphatic rings. The molecule has 0 heterocycles. The van der Waals surface area contributed by atoms with Gasteiger partial charge in [0, 0.05) is 11.8 Å². The number of hydrogen-bond donors (Lipinski definition) is 1. The Morgan fingerprint density at radius 3 is 2.53 bits per heavy atom. The number of hydrogen-bond acceptors (Lipinski definition) is 3. The highest BCUT2D eigenvalue weighted by atomic mass is 32.2. The van der Waals surface area contributed by atoms with Crippen molar-refractivity contribution in [2.45, 2.75) is 19.4 Å². The van der Waals surface area contributed by atoms with Crippen molar-refractivity contribution in [1.82, 2.24) is 0 Å². The lowest BCUT2D eigenvalue weighted by Crippen LogP contribution is -2.17. The maximum absolute atomic E-state index is 5.67. The molecular weight excluding hydrogens is 206 g/mol. The molecule has 0 fully saturated rings. The first kappa shape index (κ1) is 12.4. The van der Waals surface area contributed by atoms with E-state index in [0.717, 1.165) is 23.7 Å². The number of aryl methyl sites for hydroxylation is 1. The molecule has 84 valence electrons. The van der Waals surface area contributed by atoms with Crippen LogP contribution in [0.15, 0.2) is 24.3 Å². The molecule has 3 heteroatoms. The molecule has 0 saturated carbocycles. The lowest BCUT2D eigenvalue weighted by molar-refractivity contribution is 0.414. The van der Waals surface area contributed by atoms with Crippen LogP contribution < -0.4 is 10.5 Å². The molecule has 1 unspecified atom stereocenters. The Morgan fingerprint density at radius 1 is 1.33 bits per heavy atom. The van der Waals surface area contributed by atoms with Crippen LogP contribution in [0.5, 0.6) is 5.75 Å². The number of nitrogens with two attached hydrogens (primary N) is 1. The first-order valence-electron chi connectivity index (χ1n) is 5.18. The summed E-state index contributed by atoms with van der Waals surface area (Å²) in [5.41, 5.74) is 7.03. The Balaban J connectivity index is 2.25. The van der Waals surface area contributed by atoms with Gasteiger partial charge >= 0.3 is 0 Å². The van der Waals surface area contributed by atoms with E-state index in [4.69, 9.17) is 10.5 Å². The van der Waals surface area contributed by atoms with E-state index in [-0.39, 0.29) is 0 Å². The molecule has 1 atom stereocenters. The number of thioether (sulfide) groups is 1. The van der Waals surface area contributed by atoms with Crippen LogP contribution in [0.3, 0.4) is 0 Å². The van der Waals surface area contributed by atoms with Crippen molar-refractivity contribution in [3.63, 3.8) is 0 Å². The second kappa shape index (κ2) is 6.75. The highest BCUT2D eigenvalue weighted by Crippen LogP contribution is 2.13. The van der Waals surface area contributed by atoms with E-state index < -0.39 is 0 Å². The van der Waals surface area contributed by atoms with Gasteiger partial charge in [0.25, 0.3) is 0 Å². The summed E-state index contributed by atoms with van der Waals surface area (Å²) in [7, 11) is 1.69. The average molecular weight is 225 g/mol. The van der Waals surface area contributed by atoms with E-state index >= 15 is 0 Å². The van der Waals surface area contributed by atoms with E-state index in [2.05, 4.69) is 12.1 Å². The zero-order valence-electron chi connectivity index (χ0n) is 9.40. The molecule has 1 aromatic carbocycles. The standard InChI is InChI=1S/C12H19NOS/c1-10(13)9-15-8-7-11-3-5-12(14-2)6-4-11/h3-6,10H,7-9,13H2,1-2H3. The number of benzene rings is 1. The second-order valence-corrected chi connectivity index (χ2v) is 4.80. The van der Waals surface area contributed by atoms with Gasteiger partial charge in [0.05, 0.1) is 7.11 Å². The van der Waals surface area contributed by atoms with Gasteiger partial charge in [-0.2, -0.15) is 11.8 Å². The first-order valence-corrected chi connectivity index (χ1v) is 6.34. The van der Waals surface area contributed by atoms with Gasteiger partial charge < -0.3 is 10.5 Å². The fourth-order valence-corrected chi connectivity index (χ4v) is 2.17. The quantitative estimate of drug-likeness (QED) is 0.755. The topological polar surface area (TPSA) is 35.2 Å². The van der Waals surface area contributed by atoms with Crippen LogP contribution in [0.1, 0.15) is 12.5 Å². The molecule has 0 saturated heterocycles. The highest BCUT2D eigenvalue weighted by Gasteiger charge is 1.97. The largest absolute Gasteiger partial charge is 0.497 e. The van der Waals surface area contributed by atoms with Crippen molar-refractivity contribution in [3.8, 4) is 5.75 Å². The van der Waals surface area contributed by atoms with Crippen molar-refractivity contribution >= 4 is 11.8 Å². The van der Waals surface area contributed by atoms with Crippen LogP contribution in [0.25, 0.3) is 0 Å². The van der Waals surface area contributed by atoms with Gasteiger partial charge in [-0.15, -0.1) is 0 Å². The molecule has 0 aliphatic heterocycles. The summed E-state index contributed by atoms with van der Waals surface area (Å²) in [4.78, 5) is 0. The SMILES string of the molecule is COc1ccc(CCSCC(C)N)cc1. The van der Waals surface area contributed by atoms with E-state index in [1.165, 1.54) is 5.56 Å². The molecule has 0 bridgehead atoms. The van der Waals surface area contributed by atoms with Crippen molar-refractivity contribution in [1.29, 1.82) is 0 Å². The molecular formula is C12H19NOS. The van der Waals surface area contributed by atoms with Gasteiger partial charge in [0.2, 0.25) is 0 Å². The Labute approximate surface area is 96.2 Å². The third-order valence-corrected chi connectivity index (χ3v) is 3.33. The normalized spacial score (nSPS) is 12.5. The van der Waals surface area contributed by atoms with Gasteiger partial charge in [0.15, 0.2) is 0 Å². The number of methoxy groups -OCH3 is 1. The van der Waals surface area contributed by atoms with Crippen LogP contribution in [0.4, 0.5) is 0 Å². The Morgan fingerprint density at radius 2 is 2.00 bits per heavy atom. The summed E-state index contributed by atoms with van der Waals surface area (Å²) in [5.74, 6) is 3.09. The lowest BCUT2D eigenvalue weighted by Gasteiger charge is -2.05. The Kier molecular flexibility index (Phi) is 5.58. The maximum atomic E-state index is 5.67. The summed E-state index contributed by atoms with van der Waals surface area (Å²) in [6.45, 7) is 2.04. The van der Waals surface area contributed by atoms with Crippen molar-refractivity contribution in [2.24, 2.45) is 5.73 Å². The third kappa shape index (κ3) is 5.09. The van der Waals surface area contributed by atoms with Crippen LogP contribution in [0.2, 0.25) is 0 Å². The summed E-state index contributed by atoms with van der Waals surface area (Å²) < 4.78 is 5.10. The Bertz CT molecular complexity index is 271. The zero-order valence-corrected chi connectivity index (χ0v) is 10.2. The fraction of sp³-hybridized carbons (Fsp3) is 0.500. The van der Waals surface area contributed by atoms with Crippen LogP contribution in [-0.2, 0) is 6.42 Å². The lowest BCUT2D eigenvalue weighted by atomic mass is 10.2. The summed E-state index contributed by atoms with van der Waals surface area (Å²) >= 11 is 1.91. The second-order valence-electron chi connectivity index (χ2n) is 3.65. The van der Waals surface area contributed by atoms with E-state index in [1.807, 2.05) is 30.8 Å². The molecule has 0 radical (unpaired) electrons. The van der Waals surface area contributed by atoms with E-state index in [1.54, 1.807) is 7.11 Å². The monoisotopic (exact) mass is 225 g/mol. The zero-order chi connectivity index (χ0) is 11.1.